The average molecular weight is 164 g/mol. The summed E-state index contributed by atoms with van der Waals surface area (Å²) in [4.78, 5) is 0. The van der Waals surface area contributed by atoms with Crippen molar-refractivity contribution in [3.63, 3.8) is 0 Å². The van der Waals surface area contributed by atoms with Crippen LogP contribution in [0.4, 0.5) is 0 Å². The highest BCUT2D eigenvalue weighted by Crippen LogP contribution is 2.37. The van der Waals surface area contributed by atoms with Crippen LogP contribution in [0.5, 0.6) is 0 Å². The number of hydrogen-bond acceptors (Lipinski definition) is 0. The first-order valence-electron chi connectivity index (χ1n) is 4.85. The molecule has 0 aromatic rings. The van der Waals surface area contributed by atoms with E-state index in [0.717, 1.165) is 5.92 Å². The largest absolute Gasteiger partial charge is 0.0998 e. The van der Waals surface area contributed by atoms with Crippen molar-refractivity contribution in [2.45, 2.75) is 34.1 Å². The maximum atomic E-state index is 4.08. The molecule has 12 heavy (non-hydrogen) atoms. The third kappa shape index (κ3) is 1.80. The Balaban J connectivity index is 2.82. The van der Waals surface area contributed by atoms with Crippen LogP contribution in [0.25, 0.3) is 0 Å². The van der Waals surface area contributed by atoms with E-state index < -0.39 is 0 Å². The van der Waals surface area contributed by atoms with Gasteiger partial charge in [-0.25, -0.2) is 0 Å². The van der Waals surface area contributed by atoms with Gasteiger partial charge in [-0.3, -0.25) is 0 Å². The molecule has 0 radical (unpaired) electrons. The summed E-state index contributed by atoms with van der Waals surface area (Å²) >= 11 is 0. The minimum atomic E-state index is 0.686. The van der Waals surface area contributed by atoms with E-state index in [2.05, 4.69) is 40.3 Å². The number of hydrogen-bond donors (Lipinski definition) is 0. The maximum absolute atomic E-state index is 4.08. The van der Waals surface area contributed by atoms with Crippen molar-refractivity contribution >= 4 is 0 Å². The van der Waals surface area contributed by atoms with Gasteiger partial charge in [-0.2, -0.15) is 0 Å². The Kier molecular flexibility index (Phi) is 2.76. The molecule has 1 rings (SSSR count). The molecule has 0 nitrogen and oxygen atoms in total. The van der Waals surface area contributed by atoms with Crippen LogP contribution in [0.1, 0.15) is 34.1 Å². The topological polar surface area (TPSA) is 0 Å². The molecule has 3 atom stereocenters. The molecular weight excluding hydrogens is 144 g/mol. The Labute approximate surface area is 76.4 Å². The van der Waals surface area contributed by atoms with Gasteiger partial charge in [-0.05, 0) is 38.0 Å². The first-order chi connectivity index (χ1) is 5.52. The van der Waals surface area contributed by atoms with Gasteiger partial charge in [0.2, 0.25) is 0 Å². The monoisotopic (exact) mass is 164 g/mol. The van der Waals surface area contributed by atoms with Crippen LogP contribution in [0, 0.1) is 17.8 Å². The van der Waals surface area contributed by atoms with Gasteiger partial charge in [0.15, 0.2) is 0 Å². The highest BCUT2D eigenvalue weighted by atomic mass is 14.3. The molecule has 0 heterocycles. The van der Waals surface area contributed by atoms with Gasteiger partial charge in [-0.1, -0.05) is 37.6 Å². The van der Waals surface area contributed by atoms with Crippen molar-refractivity contribution in [2.75, 3.05) is 0 Å². The van der Waals surface area contributed by atoms with Crippen LogP contribution in [-0.2, 0) is 0 Å². The smallest absolute Gasteiger partial charge is 0.0119 e. The highest BCUT2D eigenvalue weighted by molar-refractivity contribution is 5.14. The second-order valence-corrected chi connectivity index (χ2v) is 4.43. The molecule has 0 amide bonds. The third-order valence-electron chi connectivity index (χ3n) is 2.94. The Morgan fingerprint density at radius 1 is 1.50 bits per heavy atom. The second-order valence-electron chi connectivity index (χ2n) is 4.43. The fraction of sp³-hybridized carbons (Fsp3) is 0.667. The second kappa shape index (κ2) is 3.47. The summed E-state index contributed by atoms with van der Waals surface area (Å²) in [5, 5.41) is 0. The van der Waals surface area contributed by atoms with Crippen molar-refractivity contribution in [3.8, 4) is 0 Å². The minimum absolute atomic E-state index is 0.686. The quantitative estimate of drug-likeness (QED) is 0.517. The van der Waals surface area contributed by atoms with Crippen molar-refractivity contribution in [1.82, 2.24) is 0 Å². The normalized spacial score (nSPS) is 36.0. The minimum Gasteiger partial charge on any atom is -0.0998 e. The van der Waals surface area contributed by atoms with Crippen LogP contribution in [0.15, 0.2) is 23.8 Å². The Morgan fingerprint density at radius 3 is 2.50 bits per heavy atom. The van der Waals surface area contributed by atoms with Crippen LogP contribution in [0.3, 0.4) is 0 Å². The van der Waals surface area contributed by atoms with E-state index in [1.54, 1.807) is 5.57 Å². The lowest BCUT2D eigenvalue weighted by Gasteiger charge is -2.33. The van der Waals surface area contributed by atoms with Gasteiger partial charge in [0.05, 0.1) is 0 Å². The van der Waals surface area contributed by atoms with Crippen molar-refractivity contribution < 1.29 is 0 Å². The molecule has 0 bridgehead atoms. The standard InChI is InChI=1S/C12H20/c1-8(2)12-10(4)6-9(3)7-11(12)5/h6,10-12H,1,7H2,2-5H3/t10-,11-,12-/m1/s1. The maximum Gasteiger partial charge on any atom is -0.0119 e. The van der Waals surface area contributed by atoms with E-state index in [1.807, 2.05) is 0 Å². The van der Waals surface area contributed by atoms with E-state index in [-0.39, 0.29) is 0 Å². The van der Waals surface area contributed by atoms with Gasteiger partial charge in [0, 0.05) is 0 Å². The SMILES string of the molecule is C=C(C)[C@@H]1[C@H](C)C=C(C)C[C@H]1C. The first-order valence-corrected chi connectivity index (χ1v) is 4.85. The van der Waals surface area contributed by atoms with E-state index in [1.165, 1.54) is 12.0 Å². The Bertz CT molecular complexity index is 210. The molecule has 0 heteroatoms. The van der Waals surface area contributed by atoms with Crippen LogP contribution >= 0.6 is 0 Å². The molecule has 1 aliphatic carbocycles. The van der Waals surface area contributed by atoms with Crippen molar-refractivity contribution in [2.24, 2.45) is 17.8 Å². The molecule has 0 spiro atoms. The lowest BCUT2D eigenvalue weighted by atomic mass is 9.72. The third-order valence-corrected chi connectivity index (χ3v) is 2.94. The van der Waals surface area contributed by atoms with Crippen LogP contribution in [0.2, 0.25) is 0 Å². The fourth-order valence-electron chi connectivity index (χ4n) is 2.71. The summed E-state index contributed by atoms with van der Waals surface area (Å²) in [6.07, 6.45) is 3.65. The van der Waals surface area contributed by atoms with E-state index in [0.29, 0.717) is 11.8 Å². The predicted octanol–water partition coefficient (Wildman–Crippen LogP) is 3.80. The first kappa shape index (κ1) is 9.57. The zero-order valence-corrected chi connectivity index (χ0v) is 8.72. The molecule has 0 saturated heterocycles. The molecule has 0 fully saturated rings. The van der Waals surface area contributed by atoms with Gasteiger partial charge in [0.1, 0.15) is 0 Å². The lowest BCUT2D eigenvalue weighted by Crippen LogP contribution is -2.23. The lowest BCUT2D eigenvalue weighted by molar-refractivity contribution is 0.318. The summed E-state index contributed by atoms with van der Waals surface area (Å²) in [7, 11) is 0. The molecule has 1 aliphatic rings. The molecule has 0 saturated carbocycles. The summed E-state index contributed by atoms with van der Waals surface area (Å²) in [5.74, 6) is 2.17. The van der Waals surface area contributed by atoms with Gasteiger partial charge >= 0.3 is 0 Å². The van der Waals surface area contributed by atoms with E-state index in [9.17, 15) is 0 Å². The van der Waals surface area contributed by atoms with Crippen LogP contribution < -0.4 is 0 Å². The van der Waals surface area contributed by atoms with Crippen LogP contribution in [-0.4, -0.2) is 0 Å². The highest BCUT2D eigenvalue weighted by Gasteiger charge is 2.26. The van der Waals surface area contributed by atoms with Gasteiger partial charge in [0.25, 0.3) is 0 Å². The molecule has 68 valence electrons. The number of rotatable bonds is 1. The Morgan fingerprint density at radius 2 is 2.08 bits per heavy atom. The van der Waals surface area contributed by atoms with Gasteiger partial charge in [-0.15, -0.1) is 0 Å². The van der Waals surface area contributed by atoms with Crippen molar-refractivity contribution in [3.05, 3.63) is 23.8 Å². The van der Waals surface area contributed by atoms with Crippen molar-refractivity contribution in [1.29, 1.82) is 0 Å². The van der Waals surface area contributed by atoms with Gasteiger partial charge < -0.3 is 0 Å². The molecule has 0 N–H and O–H groups in total. The molecule has 0 unspecified atom stereocenters. The summed E-state index contributed by atoms with van der Waals surface area (Å²) in [6.45, 7) is 13.1. The Hall–Kier alpha value is -0.520. The molecule has 0 aliphatic heterocycles. The summed E-state index contributed by atoms with van der Waals surface area (Å²) in [6, 6.07) is 0. The fourth-order valence-corrected chi connectivity index (χ4v) is 2.71. The predicted molar refractivity (Wildman–Crippen MR) is 55.0 cm³/mol. The molecule has 0 aromatic heterocycles. The van der Waals surface area contributed by atoms with E-state index in [4.69, 9.17) is 0 Å². The van der Waals surface area contributed by atoms with E-state index >= 15 is 0 Å². The molecular formula is C12H20. The summed E-state index contributed by atoms with van der Waals surface area (Å²) < 4.78 is 0. The molecule has 0 aromatic carbocycles. The summed E-state index contributed by atoms with van der Waals surface area (Å²) in [5.41, 5.74) is 2.89. The zero-order chi connectivity index (χ0) is 9.30. The zero-order valence-electron chi connectivity index (χ0n) is 8.72. The number of allylic oxidation sites excluding steroid dienone is 3. The average Bonchev–Trinajstić information content (AvgIpc) is 1.82.